The number of nitrogens with zero attached hydrogens (tertiary/aromatic N) is 2. The lowest BCUT2D eigenvalue weighted by atomic mass is 9.97. The minimum Gasteiger partial charge on any atom is -0.493 e. The molecule has 0 bridgehead atoms. The number of hydrogen-bond acceptors (Lipinski definition) is 7. The molecule has 29 heavy (non-hydrogen) atoms. The number of ether oxygens (including phenoxy) is 2. The summed E-state index contributed by atoms with van der Waals surface area (Å²) >= 11 is 0. The Bertz CT molecular complexity index is 976. The first-order valence-corrected chi connectivity index (χ1v) is 9.40. The standard InChI is InChI=1S/C22H24N4O3/c1-3-28-18-10-15(9-17-12-25-22(24)26-21(17)23)11-19(29-4-2)20(18)16-7-5-14(13-27)6-8-16/h5-8,10-13H,3-4,9H2,1-2H3,(H4,23,24,25,26). The van der Waals surface area contributed by atoms with E-state index in [1.807, 2.05) is 38.1 Å². The van der Waals surface area contributed by atoms with Gasteiger partial charge in [0.25, 0.3) is 0 Å². The molecule has 7 nitrogen and oxygen atoms in total. The van der Waals surface area contributed by atoms with Gasteiger partial charge < -0.3 is 20.9 Å². The van der Waals surface area contributed by atoms with Crippen LogP contribution in [0.5, 0.6) is 11.5 Å². The number of benzene rings is 2. The van der Waals surface area contributed by atoms with Crippen molar-refractivity contribution in [3.63, 3.8) is 0 Å². The molecule has 0 aliphatic rings. The van der Waals surface area contributed by atoms with Gasteiger partial charge in [-0.05, 0) is 37.1 Å². The lowest BCUT2D eigenvalue weighted by Gasteiger charge is -2.18. The predicted molar refractivity (Wildman–Crippen MR) is 113 cm³/mol. The van der Waals surface area contributed by atoms with E-state index >= 15 is 0 Å². The second kappa shape index (κ2) is 9.05. The van der Waals surface area contributed by atoms with Crippen molar-refractivity contribution in [1.29, 1.82) is 0 Å². The maximum absolute atomic E-state index is 11.0. The summed E-state index contributed by atoms with van der Waals surface area (Å²) in [5.41, 5.74) is 15.7. The third-order valence-corrected chi connectivity index (χ3v) is 4.37. The summed E-state index contributed by atoms with van der Waals surface area (Å²) in [6.45, 7) is 4.86. The van der Waals surface area contributed by atoms with E-state index < -0.39 is 0 Å². The van der Waals surface area contributed by atoms with Crippen LogP contribution < -0.4 is 20.9 Å². The van der Waals surface area contributed by atoms with E-state index in [-0.39, 0.29) is 5.95 Å². The molecule has 7 heteroatoms. The van der Waals surface area contributed by atoms with Crippen molar-refractivity contribution in [3.05, 3.63) is 59.3 Å². The van der Waals surface area contributed by atoms with E-state index in [0.29, 0.717) is 42.5 Å². The maximum Gasteiger partial charge on any atom is 0.221 e. The van der Waals surface area contributed by atoms with Gasteiger partial charge in [0.15, 0.2) is 0 Å². The summed E-state index contributed by atoms with van der Waals surface area (Å²) in [6.07, 6.45) is 2.96. The Hall–Kier alpha value is -3.61. The highest BCUT2D eigenvalue weighted by atomic mass is 16.5. The molecule has 1 aromatic heterocycles. The quantitative estimate of drug-likeness (QED) is 0.564. The highest BCUT2D eigenvalue weighted by Gasteiger charge is 2.17. The first kappa shape index (κ1) is 20.1. The van der Waals surface area contributed by atoms with Crippen molar-refractivity contribution < 1.29 is 14.3 Å². The fraction of sp³-hybridized carbons (Fsp3) is 0.227. The molecule has 0 aliphatic carbocycles. The smallest absolute Gasteiger partial charge is 0.221 e. The number of aldehydes is 1. The number of nitrogen functional groups attached to an aromatic ring is 2. The van der Waals surface area contributed by atoms with Crippen LogP contribution in [-0.2, 0) is 6.42 Å². The SMILES string of the molecule is CCOc1cc(Cc2cnc(N)nc2N)cc(OCC)c1-c1ccc(C=O)cc1. The lowest BCUT2D eigenvalue weighted by Crippen LogP contribution is -2.05. The number of carbonyl (C=O) groups is 1. The summed E-state index contributed by atoms with van der Waals surface area (Å²) in [6, 6.07) is 11.2. The van der Waals surface area contributed by atoms with Crippen LogP contribution >= 0.6 is 0 Å². The molecular weight excluding hydrogens is 368 g/mol. The Labute approximate surface area is 169 Å². The normalized spacial score (nSPS) is 10.6. The monoisotopic (exact) mass is 392 g/mol. The molecule has 4 N–H and O–H groups in total. The maximum atomic E-state index is 11.0. The third kappa shape index (κ3) is 4.63. The van der Waals surface area contributed by atoms with Crippen molar-refractivity contribution in [1.82, 2.24) is 9.97 Å². The summed E-state index contributed by atoms with van der Waals surface area (Å²) in [4.78, 5) is 19.0. The molecule has 2 aromatic carbocycles. The second-order valence-corrected chi connectivity index (χ2v) is 6.39. The minimum absolute atomic E-state index is 0.144. The van der Waals surface area contributed by atoms with Gasteiger partial charge in [-0.15, -0.1) is 0 Å². The Morgan fingerprint density at radius 3 is 2.14 bits per heavy atom. The van der Waals surface area contributed by atoms with Gasteiger partial charge in [0, 0.05) is 23.7 Å². The summed E-state index contributed by atoms with van der Waals surface area (Å²) in [5.74, 6) is 1.89. The van der Waals surface area contributed by atoms with E-state index in [1.54, 1.807) is 18.3 Å². The van der Waals surface area contributed by atoms with Crippen LogP contribution in [0.4, 0.5) is 11.8 Å². The van der Waals surface area contributed by atoms with Gasteiger partial charge in [-0.2, -0.15) is 4.98 Å². The average Bonchev–Trinajstić information content (AvgIpc) is 2.71. The zero-order valence-corrected chi connectivity index (χ0v) is 16.5. The molecule has 0 spiro atoms. The fourth-order valence-electron chi connectivity index (χ4n) is 3.09. The van der Waals surface area contributed by atoms with E-state index in [0.717, 1.165) is 28.5 Å². The molecule has 0 fully saturated rings. The van der Waals surface area contributed by atoms with E-state index in [2.05, 4.69) is 9.97 Å². The molecule has 0 unspecified atom stereocenters. The Morgan fingerprint density at radius 1 is 1.00 bits per heavy atom. The number of aromatic nitrogens is 2. The molecular formula is C22H24N4O3. The number of carbonyl (C=O) groups excluding carboxylic acids is 1. The molecule has 3 aromatic rings. The number of nitrogens with two attached hydrogens (primary N) is 2. The zero-order chi connectivity index (χ0) is 20.8. The largest absolute Gasteiger partial charge is 0.493 e. The second-order valence-electron chi connectivity index (χ2n) is 6.39. The Morgan fingerprint density at radius 2 is 1.62 bits per heavy atom. The first-order chi connectivity index (χ1) is 14.0. The van der Waals surface area contributed by atoms with Crippen LogP contribution in [0.25, 0.3) is 11.1 Å². The average molecular weight is 392 g/mol. The molecule has 3 rings (SSSR count). The number of anilines is 2. The topological polar surface area (TPSA) is 113 Å². The molecule has 0 amide bonds. The highest BCUT2D eigenvalue weighted by molar-refractivity contribution is 5.81. The summed E-state index contributed by atoms with van der Waals surface area (Å²) in [7, 11) is 0. The van der Waals surface area contributed by atoms with Crippen molar-refractivity contribution in [3.8, 4) is 22.6 Å². The summed E-state index contributed by atoms with van der Waals surface area (Å²) in [5, 5.41) is 0. The Balaban J connectivity index is 2.08. The number of rotatable bonds is 8. The molecule has 0 saturated carbocycles. The van der Waals surface area contributed by atoms with Crippen LogP contribution in [0.2, 0.25) is 0 Å². The highest BCUT2D eigenvalue weighted by Crippen LogP contribution is 2.40. The molecule has 1 heterocycles. The van der Waals surface area contributed by atoms with Crippen LogP contribution in [0.1, 0.15) is 35.3 Å². The van der Waals surface area contributed by atoms with Crippen molar-refractivity contribution in [2.75, 3.05) is 24.7 Å². The van der Waals surface area contributed by atoms with Crippen molar-refractivity contribution >= 4 is 18.1 Å². The van der Waals surface area contributed by atoms with Crippen LogP contribution in [0.15, 0.2) is 42.6 Å². The predicted octanol–water partition coefficient (Wildman–Crippen LogP) is 3.51. The van der Waals surface area contributed by atoms with E-state index in [9.17, 15) is 4.79 Å². The van der Waals surface area contributed by atoms with Gasteiger partial charge in [-0.3, -0.25) is 4.79 Å². The molecule has 0 aliphatic heterocycles. The van der Waals surface area contributed by atoms with Gasteiger partial charge in [0.05, 0.1) is 18.8 Å². The van der Waals surface area contributed by atoms with Crippen molar-refractivity contribution in [2.45, 2.75) is 20.3 Å². The van der Waals surface area contributed by atoms with Gasteiger partial charge >= 0.3 is 0 Å². The molecule has 0 radical (unpaired) electrons. The Kier molecular flexibility index (Phi) is 6.29. The third-order valence-electron chi connectivity index (χ3n) is 4.37. The van der Waals surface area contributed by atoms with E-state index in [1.165, 1.54) is 0 Å². The van der Waals surface area contributed by atoms with Gasteiger partial charge in [-0.1, -0.05) is 24.3 Å². The van der Waals surface area contributed by atoms with Crippen LogP contribution in [0, 0.1) is 0 Å². The lowest BCUT2D eigenvalue weighted by molar-refractivity contribution is 0.112. The van der Waals surface area contributed by atoms with Crippen molar-refractivity contribution in [2.24, 2.45) is 0 Å². The number of hydrogen-bond donors (Lipinski definition) is 2. The van der Waals surface area contributed by atoms with Gasteiger partial charge in [0.2, 0.25) is 5.95 Å². The molecule has 150 valence electrons. The van der Waals surface area contributed by atoms with Gasteiger partial charge in [-0.25, -0.2) is 4.98 Å². The molecule has 0 atom stereocenters. The fourth-order valence-corrected chi connectivity index (χ4v) is 3.09. The minimum atomic E-state index is 0.144. The summed E-state index contributed by atoms with van der Waals surface area (Å²) < 4.78 is 11.9. The van der Waals surface area contributed by atoms with E-state index in [4.69, 9.17) is 20.9 Å². The van der Waals surface area contributed by atoms with Gasteiger partial charge in [0.1, 0.15) is 23.6 Å². The molecule has 0 saturated heterocycles. The first-order valence-electron chi connectivity index (χ1n) is 9.40. The zero-order valence-electron chi connectivity index (χ0n) is 16.5. The van der Waals surface area contributed by atoms with Crippen LogP contribution in [-0.4, -0.2) is 29.5 Å². The van der Waals surface area contributed by atoms with Crippen LogP contribution in [0.3, 0.4) is 0 Å².